The van der Waals surface area contributed by atoms with Gasteiger partial charge in [-0.15, -0.1) is 0 Å². The Kier molecular flexibility index (Phi) is 5.70. The monoisotopic (exact) mass is 445 g/mol. The highest BCUT2D eigenvalue weighted by molar-refractivity contribution is 6.08. The van der Waals surface area contributed by atoms with Gasteiger partial charge in [0.05, 0.1) is 11.8 Å². The standard InChI is InChI=1S/C26H27N3O4/c30-23(14-16-29-25(32)20-6-2-3-7-21(20)26(29)33)27-19-11-9-18(10-12-19)24(31)28-15-13-17-5-1-4-8-22(17)28/h1,4-5,8-12,20-21H,2-3,6-7,13-16H2,(H,27,30). The van der Waals surface area contributed by atoms with Gasteiger partial charge in [-0.05, 0) is 55.2 Å². The van der Waals surface area contributed by atoms with Crippen LogP contribution < -0.4 is 10.2 Å². The van der Waals surface area contributed by atoms with Crippen LogP contribution in [-0.4, -0.2) is 41.6 Å². The Balaban J connectivity index is 1.16. The molecule has 2 aromatic carbocycles. The minimum atomic E-state index is -0.266. The molecule has 7 nitrogen and oxygen atoms in total. The van der Waals surface area contributed by atoms with Crippen LogP contribution in [0, 0.1) is 11.8 Å². The summed E-state index contributed by atoms with van der Waals surface area (Å²) >= 11 is 0. The van der Waals surface area contributed by atoms with Crippen molar-refractivity contribution in [2.24, 2.45) is 11.8 Å². The van der Waals surface area contributed by atoms with Gasteiger partial charge in [-0.2, -0.15) is 0 Å². The Bertz CT molecular complexity index is 1090. The topological polar surface area (TPSA) is 86.8 Å². The highest BCUT2D eigenvalue weighted by atomic mass is 16.2. The quantitative estimate of drug-likeness (QED) is 0.715. The van der Waals surface area contributed by atoms with Gasteiger partial charge in [0.2, 0.25) is 17.7 Å². The summed E-state index contributed by atoms with van der Waals surface area (Å²) in [5.74, 6) is -0.958. The maximum atomic E-state index is 12.9. The molecule has 0 bridgehead atoms. The van der Waals surface area contributed by atoms with Crippen LogP contribution in [0.1, 0.15) is 48.0 Å². The van der Waals surface area contributed by atoms with Crippen LogP contribution in [0.3, 0.4) is 0 Å². The summed E-state index contributed by atoms with van der Waals surface area (Å²) < 4.78 is 0. The highest BCUT2D eigenvalue weighted by Crippen LogP contribution is 2.38. The number of nitrogens with one attached hydrogen (secondary N) is 1. The number of hydrogen-bond acceptors (Lipinski definition) is 4. The fourth-order valence-electron chi connectivity index (χ4n) is 5.29. The third kappa shape index (κ3) is 4.03. The van der Waals surface area contributed by atoms with Crippen molar-refractivity contribution in [2.45, 2.75) is 38.5 Å². The average Bonchev–Trinajstić information content (AvgIpc) is 3.37. The summed E-state index contributed by atoms with van der Waals surface area (Å²) in [4.78, 5) is 53.5. The van der Waals surface area contributed by atoms with Gasteiger partial charge < -0.3 is 10.2 Å². The van der Waals surface area contributed by atoms with E-state index in [0.717, 1.165) is 37.8 Å². The van der Waals surface area contributed by atoms with E-state index in [1.807, 2.05) is 24.3 Å². The summed E-state index contributed by atoms with van der Waals surface area (Å²) in [6, 6.07) is 14.7. The van der Waals surface area contributed by atoms with Crippen molar-refractivity contribution in [3.63, 3.8) is 0 Å². The first-order valence-electron chi connectivity index (χ1n) is 11.7. The first-order chi connectivity index (χ1) is 16.0. The Morgan fingerprint density at radius 2 is 1.58 bits per heavy atom. The van der Waals surface area contributed by atoms with E-state index in [2.05, 4.69) is 5.32 Å². The van der Waals surface area contributed by atoms with Crippen molar-refractivity contribution in [3.05, 3.63) is 59.7 Å². The third-order valence-electron chi connectivity index (χ3n) is 7.04. The molecule has 2 aliphatic heterocycles. The molecule has 170 valence electrons. The van der Waals surface area contributed by atoms with Gasteiger partial charge in [0, 0.05) is 36.4 Å². The Labute approximate surface area is 192 Å². The van der Waals surface area contributed by atoms with Crippen LogP contribution in [0.4, 0.5) is 11.4 Å². The van der Waals surface area contributed by atoms with Crippen LogP contribution in [0.25, 0.3) is 0 Å². The summed E-state index contributed by atoms with van der Waals surface area (Å²) in [6.07, 6.45) is 4.41. The molecule has 2 unspecified atom stereocenters. The molecule has 7 heteroatoms. The first kappa shape index (κ1) is 21.4. The van der Waals surface area contributed by atoms with Crippen LogP contribution in [-0.2, 0) is 20.8 Å². The zero-order valence-electron chi connectivity index (χ0n) is 18.5. The van der Waals surface area contributed by atoms with Gasteiger partial charge >= 0.3 is 0 Å². The van der Waals surface area contributed by atoms with Crippen molar-refractivity contribution in [2.75, 3.05) is 23.3 Å². The molecule has 1 saturated carbocycles. The van der Waals surface area contributed by atoms with Crippen molar-refractivity contribution in [1.82, 2.24) is 4.90 Å². The molecule has 2 fully saturated rings. The van der Waals surface area contributed by atoms with E-state index in [0.29, 0.717) is 17.8 Å². The Morgan fingerprint density at radius 1 is 0.909 bits per heavy atom. The molecule has 1 aliphatic carbocycles. The van der Waals surface area contributed by atoms with Crippen molar-refractivity contribution < 1.29 is 19.2 Å². The van der Waals surface area contributed by atoms with Gasteiger partial charge in [0.15, 0.2) is 0 Å². The van der Waals surface area contributed by atoms with Crippen LogP contribution in [0.15, 0.2) is 48.5 Å². The number of benzene rings is 2. The number of nitrogens with zero attached hydrogens (tertiary/aromatic N) is 2. The van der Waals surface area contributed by atoms with Gasteiger partial charge in [0.1, 0.15) is 0 Å². The predicted octanol–water partition coefficient (Wildman–Crippen LogP) is 3.39. The number of hydrogen-bond donors (Lipinski definition) is 1. The molecule has 0 spiro atoms. The summed E-state index contributed by atoms with van der Waals surface area (Å²) in [6.45, 7) is 0.772. The second kappa shape index (κ2) is 8.81. The molecule has 0 radical (unpaired) electrons. The zero-order chi connectivity index (χ0) is 22.9. The van der Waals surface area contributed by atoms with Crippen LogP contribution in [0.2, 0.25) is 0 Å². The largest absolute Gasteiger partial charge is 0.326 e. The molecular weight excluding hydrogens is 418 g/mol. The molecule has 1 saturated heterocycles. The van der Waals surface area contributed by atoms with Crippen molar-refractivity contribution in [1.29, 1.82) is 0 Å². The van der Waals surface area contributed by atoms with Gasteiger partial charge in [-0.25, -0.2) is 0 Å². The lowest BCUT2D eigenvalue weighted by Gasteiger charge is -2.19. The number of carbonyl (C=O) groups excluding carboxylic acids is 4. The zero-order valence-corrected chi connectivity index (χ0v) is 18.5. The molecule has 4 amide bonds. The Morgan fingerprint density at radius 3 is 2.27 bits per heavy atom. The lowest BCUT2D eigenvalue weighted by molar-refractivity contribution is -0.140. The number of amides is 4. The van der Waals surface area contributed by atoms with E-state index in [4.69, 9.17) is 0 Å². The molecule has 5 rings (SSSR count). The molecule has 2 atom stereocenters. The van der Waals surface area contributed by atoms with Gasteiger partial charge in [-0.3, -0.25) is 24.1 Å². The highest BCUT2D eigenvalue weighted by Gasteiger charge is 2.47. The number of carbonyl (C=O) groups is 4. The number of anilines is 2. The number of imide groups is 1. The van der Waals surface area contributed by atoms with Gasteiger partial charge in [0.25, 0.3) is 5.91 Å². The molecule has 2 heterocycles. The number of rotatable bonds is 5. The maximum Gasteiger partial charge on any atom is 0.258 e. The minimum Gasteiger partial charge on any atom is -0.326 e. The lowest BCUT2D eigenvalue weighted by Crippen LogP contribution is -2.34. The Hall–Kier alpha value is -3.48. The SMILES string of the molecule is O=C(CCN1C(=O)C2CCCCC2C1=O)Nc1ccc(C(=O)N2CCc3ccccc32)cc1. The number of fused-ring (bicyclic) bond motifs is 2. The second-order valence-corrected chi connectivity index (χ2v) is 9.04. The van der Waals surface area contributed by atoms with E-state index < -0.39 is 0 Å². The normalized spacial score (nSPS) is 21.7. The minimum absolute atomic E-state index is 0.0577. The van der Waals surface area contributed by atoms with E-state index in [-0.39, 0.29) is 48.4 Å². The molecule has 0 aromatic heterocycles. The molecule has 3 aliphatic rings. The molecular formula is C26H27N3O4. The van der Waals surface area contributed by atoms with Crippen molar-refractivity contribution >= 4 is 35.0 Å². The molecule has 1 N–H and O–H groups in total. The maximum absolute atomic E-state index is 12.9. The van der Waals surface area contributed by atoms with Crippen molar-refractivity contribution in [3.8, 4) is 0 Å². The van der Waals surface area contributed by atoms with E-state index in [1.165, 1.54) is 10.5 Å². The number of para-hydroxylation sites is 1. The van der Waals surface area contributed by atoms with Crippen LogP contribution in [0.5, 0.6) is 0 Å². The predicted molar refractivity (Wildman–Crippen MR) is 124 cm³/mol. The first-order valence-corrected chi connectivity index (χ1v) is 11.7. The summed E-state index contributed by atoms with van der Waals surface area (Å²) in [5, 5.41) is 2.80. The van der Waals surface area contributed by atoms with E-state index in [1.54, 1.807) is 29.2 Å². The lowest BCUT2D eigenvalue weighted by atomic mass is 9.81. The van der Waals surface area contributed by atoms with Crippen LogP contribution >= 0.6 is 0 Å². The molecule has 2 aromatic rings. The average molecular weight is 446 g/mol. The van der Waals surface area contributed by atoms with Gasteiger partial charge in [-0.1, -0.05) is 31.0 Å². The summed E-state index contributed by atoms with van der Waals surface area (Å²) in [5.41, 5.74) is 3.25. The smallest absolute Gasteiger partial charge is 0.258 e. The number of likely N-dealkylation sites (tertiary alicyclic amines) is 1. The fraction of sp³-hybridized carbons (Fsp3) is 0.385. The summed E-state index contributed by atoms with van der Waals surface area (Å²) in [7, 11) is 0. The third-order valence-corrected chi connectivity index (χ3v) is 7.04. The van der Waals surface area contributed by atoms with E-state index in [9.17, 15) is 19.2 Å². The fourth-order valence-corrected chi connectivity index (χ4v) is 5.29. The second-order valence-electron chi connectivity index (χ2n) is 9.04. The molecule has 33 heavy (non-hydrogen) atoms. The van der Waals surface area contributed by atoms with E-state index >= 15 is 0 Å².